The van der Waals surface area contributed by atoms with Gasteiger partial charge in [0, 0.05) is 19.8 Å². The third-order valence-electron chi connectivity index (χ3n) is 3.71. The SMILES string of the molecule is CCCC(CC)CCOC(C)OC1CCOCC1. The zero-order valence-electron chi connectivity index (χ0n) is 12.3. The van der Waals surface area contributed by atoms with Gasteiger partial charge in [0.25, 0.3) is 0 Å². The van der Waals surface area contributed by atoms with Crippen LogP contribution >= 0.6 is 0 Å². The van der Waals surface area contributed by atoms with Crippen LogP contribution in [0.15, 0.2) is 0 Å². The Morgan fingerprint density at radius 3 is 2.50 bits per heavy atom. The second-order valence-corrected chi connectivity index (χ2v) is 5.24. The molecule has 0 aromatic heterocycles. The summed E-state index contributed by atoms with van der Waals surface area (Å²) in [6.45, 7) is 9.00. The molecule has 1 aliphatic rings. The lowest BCUT2D eigenvalue weighted by Gasteiger charge is -2.26. The molecule has 1 fully saturated rings. The summed E-state index contributed by atoms with van der Waals surface area (Å²) < 4.78 is 16.9. The zero-order valence-corrected chi connectivity index (χ0v) is 12.3. The quantitative estimate of drug-likeness (QED) is 0.589. The average Bonchev–Trinajstić information content (AvgIpc) is 2.39. The topological polar surface area (TPSA) is 27.7 Å². The molecule has 108 valence electrons. The third kappa shape index (κ3) is 6.72. The summed E-state index contributed by atoms with van der Waals surface area (Å²) in [5, 5.41) is 0. The Morgan fingerprint density at radius 1 is 1.17 bits per heavy atom. The molecule has 2 atom stereocenters. The van der Waals surface area contributed by atoms with E-state index < -0.39 is 0 Å². The Hall–Kier alpha value is -0.120. The van der Waals surface area contributed by atoms with Gasteiger partial charge >= 0.3 is 0 Å². The lowest BCUT2D eigenvalue weighted by atomic mass is 9.98. The van der Waals surface area contributed by atoms with Crippen LogP contribution in [0.3, 0.4) is 0 Å². The minimum atomic E-state index is -0.0766. The van der Waals surface area contributed by atoms with Crippen LogP contribution < -0.4 is 0 Å². The van der Waals surface area contributed by atoms with Crippen LogP contribution in [0.5, 0.6) is 0 Å². The van der Waals surface area contributed by atoms with Crippen molar-refractivity contribution in [3.05, 3.63) is 0 Å². The van der Waals surface area contributed by atoms with E-state index in [0.717, 1.165) is 45.0 Å². The van der Waals surface area contributed by atoms with E-state index >= 15 is 0 Å². The first-order valence-electron chi connectivity index (χ1n) is 7.61. The molecule has 0 amide bonds. The zero-order chi connectivity index (χ0) is 13.2. The van der Waals surface area contributed by atoms with Crippen molar-refractivity contribution in [1.29, 1.82) is 0 Å². The second-order valence-electron chi connectivity index (χ2n) is 5.24. The van der Waals surface area contributed by atoms with Crippen molar-refractivity contribution in [3.8, 4) is 0 Å². The van der Waals surface area contributed by atoms with Crippen molar-refractivity contribution in [2.45, 2.75) is 71.7 Å². The molecule has 0 aromatic rings. The van der Waals surface area contributed by atoms with Gasteiger partial charge in [0.2, 0.25) is 0 Å². The highest BCUT2D eigenvalue weighted by Gasteiger charge is 2.17. The van der Waals surface area contributed by atoms with Gasteiger partial charge in [0.15, 0.2) is 6.29 Å². The third-order valence-corrected chi connectivity index (χ3v) is 3.71. The lowest BCUT2D eigenvalue weighted by molar-refractivity contribution is -0.177. The first kappa shape index (κ1) is 15.9. The number of hydrogen-bond donors (Lipinski definition) is 0. The van der Waals surface area contributed by atoms with Crippen molar-refractivity contribution < 1.29 is 14.2 Å². The number of ether oxygens (including phenoxy) is 3. The molecular weight excluding hydrogens is 228 g/mol. The van der Waals surface area contributed by atoms with E-state index in [0.29, 0.717) is 6.10 Å². The van der Waals surface area contributed by atoms with E-state index in [1.807, 2.05) is 6.92 Å². The summed E-state index contributed by atoms with van der Waals surface area (Å²) in [5.74, 6) is 0.810. The molecule has 3 nitrogen and oxygen atoms in total. The van der Waals surface area contributed by atoms with Crippen LogP contribution in [-0.4, -0.2) is 32.2 Å². The van der Waals surface area contributed by atoms with Crippen LogP contribution in [0.1, 0.15) is 59.3 Å². The molecule has 3 heteroatoms. The van der Waals surface area contributed by atoms with Crippen molar-refractivity contribution in [3.63, 3.8) is 0 Å². The number of rotatable bonds is 9. The van der Waals surface area contributed by atoms with Gasteiger partial charge in [-0.15, -0.1) is 0 Å². The maximum absolute atomic E-state index is 5.86. The van der Waals surface area contributed by atoms with Crippen molar-refractivity contribution in [1.82, 2.24) is 0 Å². The summed E-state index contributed by atoms with van der Waals surface area (Å²) in [6, 6.07) is 0. The Labute approximate surface area is 112 Å². The average molecular weight is 258 g/mol. The van der Waals surface area contributed by atoms with Gasteiger partial charge in [-0.05, 0) is 32.1 Å². The molecule has 0 saturated carbocycles. The van der Waals surface area contributed by atoms with Crippen molar-refractivity contribution in [2.24, 2.45) is 5.92 Å². The monoisotopic (exact) mass is 258 g/mol. The predicted octanol–water partition coefficient (Wildman–Crippen LogP) is 3.76. The van der Waals surface area contributed by atoms with Crippen molar-refractivity contribution >= 4 is 0 Å². The normalized spacial score (nSPS) is 20.8. The Bertz CT molecular complexity index is 190. The summed E-state index contributed by atoms with van der Waals surface area (Å²) in [7, 11) is 0. The molecule has 1 aliphatic heterocycles. The van der Waals surface area contributed by atoms with Gasteiger partial charge in [0.1, 0.15) is 0 Å². The number of hydrogen-bond acceptors (Lipinski definition) is 3. The van der Waals surface area contributed by atoms with Gasteiger partial charge in [-0.2, -0.15) is 0 Å². The van der Waals surface area contributed by atoms with Gasteiger partial charge in [-0.3, -0.25) is 0 Å². The Balaban J connectivity index is 2.06. The van der Waals surface area contributed by atoms with Gasteiger partial charge in [-0.1, -0.05) is 33.1 Å². The van der Waals surface area contributed by atoms with Crippen LogP contribution in [0.25, 0.3) is 0 Å². The lowest BCUT2D eigenvalue weighted by Crippen LogP contribution is -2.28. The fourth-order valence-corrected chi connectivity index (χ4v) is 2.48. The first-order valence-corrected chi connectivity index (χ1v) is 7.61. The van der Waals surface area contributed by atoms with E-state index in [9.17, 15) is 0 Å². The summed E-state index contributed by atoms with van der Waals surface area (Å²) >= 11 is 0. The highest BCUT2D eigenvalue weighted by atomic mass is 16.7. The van der Waals surface area contributed by atoms with E-state index in [1.54, 1.807) is 0 Å². The fraction of sp³-hybridized carbons (Fsp3) is 1.00. The molecule has 0 bridgehead atoms. The molecular formula is C15H30O3. The fourth-order valence-electron chi connectivity index (χ4n) is 2.48. The van der Waals surface area contributed by atoms with E-state index in [1.165, 1.54) is 19.3 Å². The van der Waals surface area contributed by atoms with Gasteiger partial charge in [0.05, 0.1) is 6.10 Å². The van der Waals surface area contributed by atoms with Crippen LogP contribution in [0.2, 0.25) is 0 Å². The molecule has 0 aromatic carbocycles. The molecule has 18 heavy (non-hydrogen) atoms. The molecule has 1 saturated heterocycles. The molecule has 0 radical (unpaired) electrons. The highest BCUT2D eigenvalue weighted by molar-refractivity contribution is 4.63. The minimum Gasteiger partial charge on any atom is -0.381 e. The molecule has 0 spiro atoms. The molecule has 0 N–H and O–H groups in total. The molecule has 1 heterocycles. The summed E-state index contributed by atoms with van der Waals surface area (Å²) in [4.78, 5) is 0. The minimum absolute atomic E-state index is 0.0766. The van der Waals surface area contributed by atoms with Gasteiger partial charge < -0.3 is 14.2 Å². The summed E-state index contributed by atoms with van der Waals surface area (Å²) in [6.07, 6.45) is 7.25. The first-order chi connectivity index (χ1) is 8.76. The standard InChI is InChI=1S/C15H30O3/c1-4-6-14(5-2)7-12-17-13(3)18-15-8-10-16-11-9-15/h13-15H,4-12H2,1-3H3. The predicted molar refractivity (Wildman–Crippen MR) is 73.6 cm³/mol. The Kier molecular flexibility index (Phi) is 8.64. The Morgan fingerprint density at radius 2 is 1.89 bits per heavy atom. The van der Waals surface area contributed by atoms with E-state index in [4.69, 9.17) is 14.2 Å². The maximum atomic E-state index is 5.86. The molecule has 1 rings (SSSR count). The largest absolute Gasteiger partial charge is 0.381 e. The van der Waals surface area contributed by atoms with Gasteiger partial charge in [-0.25, -0.2) is 0 Å². The van der Waals surface area contributed by atoms with Crippen molar-refractivity contribution in [2.75, 3.05) is 19.8 Å². The second kappa shape index (κ2) is 9.76. The maximum Gasteiger partial charge on any atom is 0.155 e. The molecule has 0 aliphatic carbocycles. The van der Waals surface area contributed by atoms with E-state index in [-0.39, 0.29) is 6.29 Å². The molecule has 2 unspecified atom stereocenters. The van der Waals surface area contributed by atoms with Crippen LogP contribution in [0, 0.1) is 5.92 Å². The highest BCUT2D eigenvalue weighted by Crippen LogP contribution is 2.17. The van der Waals surface area contributed by atoms with E-state index in [2.05, 4.69) is 13.8 Å². The van der Waals surface area contributed by atoms with Crippen LogP contribution in [0.4, 0.5) is 0 Å². The summed E-state index contributed by atoms with van der Waals surface area (Å²) in [5.41, 5.74) is 0. The van der Waals surface area contributed by atoms with Crippen LogP contribution in [-0.2, 0) is 14.2 Å². The smallest absolute Gasteiger partial charge is 0.155 e.